The van der Waals surface area contributed by atoms with Crippen LogP contribution in [0.3, 0.4) is 0 Å². The van der Waals surface area contributed by atoms with Crippen LogP contribution in [0.4, 0.5) is 10.5 Å². The number of ether oxygens (including phenoxy) is 1. The van der Waals surface area contributed by atoms with Crippen LogP contribution >= 0.6 is 0 Å². The number of fused-ring (bicyclic) bond motifs is 1. The Morgan fingerprint density at radius 3 is 2.52 bits per heavy atom. The van der Waals surface area contributed by atoms with E-state index in [1.54, 1.807) is 19.1 Å². The Kier molecular flexibility index (Phi) is 3.80. The van der Waals surface area contributed by atoms with E-state index in [0.29, 0.717) is 24.2 Å². The van der Waals surface area contributed by atoms with E-state index in [4.69, 9.17) is 4.74 Å². The van der Waals surface area contributed by atoms with Crippen molar-refractivity contribution in [3.63, 3.8) is 0 Å². The molecule has 0 fully saturated rings. The minimum Gasteiger partial charge on any atom is -0.462 e. The topological polar surface area (TPSA) is 63.6 Å². The first-order chi connectivity index (χ1) is 9.75. The maximum atomic E-state index is 12.2. The van der Waals surface area contributed by atoms with Crippen LogP contribution in [0, 0.1) is 0 Å². The van der Waals surface area contributed by atoms with Crippen LogP contribution in [0.5, 0.6) is 0 Å². The largest absolute Gasteiger partial charge is 0.519 e. The molecule has 0 saturated carbocycles. The molecule has 1 atom stereocenters. The van der Waals surface area contributed by atoms with Gasteiger partial charge in [0.15, 0.2) is 5.69 Å². The van der Waals surface area contributed by atoms with Gasteiger partial charge in [0.05, 0.1) is 13.2 Å². The number of hydrogen-bond donors (Lipinski definition) is 1. The molecule has 1 aromatic rings. The van der Waals surface area contributed by atoms with E-state index in [1.165, 1.54) is 0 Å². The molecule has 1 amide bonds. The molecule has 5 heteroatoms. The van der Waals surface area contributed by atoms with Crippen LogP contribution in [-0.4, -0.2) is 35.9 Å². The maximum Gasteiger partial charge on any atom is 0.519 e. The molecular weight excluding hydrogens is 270 g/mol. The second-order valence-corrected chi connectivity index (χ2v) is 6.27. The highest BCUT2D eigenvalue weighted by Gasteiger charge is 2.56. The number of carbonyl (C=O) groups excluding carboxylic acids is 1. The van der Waals surface area contributed by atoms with Crippen molar-refractivity contribution in [3.05, 3.63) is 29.3 Å². The zero-order valence-electron chi connectivity index (χ0n) is 13.0. The van der Waals surface area contributed by atoms with E-state index in [-0.39, 0.29) is 11.1 Å². The van der Waals surface area contributed by atoms with Gasteiger partial charge < -0.3 is 9.84 Å². The van der Waals surface area contributed by atoms with Crippen molar-refractivity contribution in [2.45, 2.75) is 39.7 Å². The number of para-hydroxylation sites is 1. The number of amides is 1. The molecule has 0 bridgehead atoms. The summed E-state index contributed by atoms with van der Waals surface area (Å²) in [7, 11) is 0. The lowest BCUT2D eigenvalue weighted by Gasteiger charge is -2.40. The van der Waals surface area contributed by atoms with Gasteiger partial charge in [0.1, 0.15) is 11.1 Å². The molecule has 21 heavy (non-hydrogen) atoms. The van der Waals surface area contributed by atoms with Crippen molar-refractivity contribution in [2.75, 3.05) is 13.2 Å². The summed E-state index contributed by atoms with van der Waals surface area (Å²) in [5.74, 6) is -0.454. The van der Waals surface area contributed by atoms with Crippen LogP contribution < -0.4 is 4.48 Å². The Bertz CT molecular complexity index is 588. The normalized spacial score (nSPS) is 21.0. The van der Waals surface area contributed by atoms with E-state index in [9.17, 15) is 14.7 Å². The smallest absolute Gasteiger partial charge is 0.462 e. The summed E-state index contributed by atoms with van der Waals surface area (Å²) in [6, 6.07) is 5.34. The van der Waals surface area contributed by atoms with Crippen molar-refractivity contribution < 1.29 is 19.4 Å². The zero-order valence-corrected chi connectivity index (χ0v) is 13.0. The van der Waals surface area contributed by atoms with E-state index in [1.807, 2.05) is 26.8 Å². The zero-order chi connectivity index (χ0) is 15.8. The molecule has 1 aliphatic rings. The number of benzene rings is 1. The van der Waals surface area contributed by atoms with Gasteiger partial charge in [-0.05, 0) is 33.8 Å². The van der Waals surface area contributed by atoms with E-state index in [2.05, 4.69) is 0 Å². The summed E-state index contributed by atoms with van der Waals surface area (Å²) < 4.78 is 4.86. The molecule has 0 saturated heterocycles. The molecule has 0 aliphatic carbocycles. The maximum absolute atomic E-state index is 12.2. The van der Waals surface area contributed by atoms with Crippen molar-refractivity contribution in [3.8, 4) is 0 Å². The molecule has 0 aromatic heterocycles. The minimum atomic E-state index is -0.932. The lowest BCUT2D eigenvalue weighted by atomic mass is 9.99. The monoisotopic (exact) mass is 292 g/mol. The van der Waals surface area contributed by atoms with E-state index in [0.717, 1.165) is 5.56 Å². The molecule has 1 aromatic carbocycles. The number of quaternary nitrogens is 1. The summed E-state index contributed by atoms with van der Waals surface area (Å²) in [5, 5.41) is 9.90. The Labute approximate surface area is 124 Å². The van der Waals surface area contributed by atoms with Gasteiger partial charge in [-0.1, -0.05) is 12.1 Å². The van der Waals surface area contributed by atoms with Gasteiger partial charge in [-0.3, -0.25) is 0 Å². The molecule has 2 rings (SSSR count). The molecule has 1 aliphatic heterocycles. The van der Waals surface area contributed by atoms with Crippen molar-refractivity contribution in [1.29, 1.82) is 0 Å². The summed E-state index contributed by atoms with van der Waals surface area (Å²) in [5.41, 5.74) is 1.30. The molecule has 1 heterocycles. The third kappa shape index (κ3) is 2.21. The third-order valence-corrected chi connectivity index (χ3v) is 4.18. The van der Waals surface area contributed by atoms with Gasteiger partial charge >= 0.3 is 12.1 Å². The summed E-state index contributed by atoms with van der Waals surface area (Å²) in [6.07, 6.45) is -0.287. The Morgan fingerprint density at radius 1 is 1.33 bits per heavy atom. The fraction of sp³-hybridized carbons (Fsp3) is 0.500. The predicted octanol–water partition coefficient (Wildman–Crippen LogP) is 3.20. The van der Waals surface area contributed by atoms with Gasteiger partial charge in [0.2, 0.25) is 0 Å². The molecule has 1 N–H and O–H groups in total. The SMILES string of the molecule is CCOC(=O)c1cccc2c1[N+](C(=O)O)(C(C)(C)C)CC2. The Balaban J connectivity index is 2.71. The van der Waals surface area contributed by atoms with Gasteiger partial charge in [0.25, 0.3) is 0 Å². The second kappa shape index (κ2) is 5.15. The number of carboxylic acid groups (broad SMARTS) is 1. The molecular formula is C16H22NO4+. The Hall–Kier alpha value is -1.88. The average Bonchev–Trinajstić information content (AvgIpc) is 2.78. The Morgan fingerprint density at radius 2 is 2.00 bits per heavy atom. The van der Waals surface area contributed by atoms with Crippen LogP contribution in [0.25, 0.3) is 0 Å². The van der Waals surface area contributed by atoms with Crippen LogP contribution in [0.15, 0.2) is 18.2 Å². The van der Waals surface area contributed by atoms with Gasteiger partial charge in [0, 0.05) is 12.0 Å². The molecule has 1 unspecified atom stereocenters. The number of nitrogens with zero attached hydrogens (tertiary/aromatic N) is 1. The van der Waals surface area contributed by atoms with Crippen LogP contribution in [-0.2, 0) is 11.2 Å². The first-order valence-corrected chi connectivity index (χ1v) is 7.17. The van der Waals surface area contributed by atoms with Crippen molar-refractivity contribution in [2.24, 2.45) is 0 Å². The average molecular weight is 292 g/mol. The van der Waals surface area contributed by atoms with Crippen molar-refractivity contribution >= 4 is 17.7 Å². The highest BCUT2D eigenvalue weighted by atomic mass is 16.5. The van der Waals surface area contributed by atoms with Gasteiger partial charge in [-0.15, -0.1) is 0 Å². The lowest BCUT2D eigenvalue weighted by Crippen LogP contribution is -2.64. The molecule has 0 spiro atoms. The number of carbonyl (C=O) groups is 2. The number of esters is 1. The standard InChI is InChI=1S/C16H21NO4/c1-5-21-14(18)12-8-6-7-11-9-10-17(13(11)12,15(19)20)16(2,3)4/h6-8H,5,9-10H2,1-4H3/p+1. The van der Waals surface area contributed by atoms with Crippen LogP contribution in [0.1, 0.15) is 43.6 Å². The summed E-state index contributed by atoms with van der Waals surface area (Å²) in [4.78, 5) is 24.3. The van der Waals surface area contributed by atoms with E-state index < -0.39 is 17.6 Å². The predicted molar refractivity (Wildman–Crippen MR) is 80.5 cm³/mol. The minimum absolute atomic E-state index is 0.239. The van der Waals surface area contributed by atoms with Crippen LogP contribution in [0.2, 0.25) is 0 Å². The lowest BCUT2D eigenvalue weighted by molar-refractivity contribution is 0.0522. The van der Waals surface area contributed by atoms with E-state index >= 15 is 0 Å². The quantitative estimate of drug-likeness (QED) is 0.671. The highest BCUT2D eigenvalue weighted by molar-refractivity contribution is 6.00. The fourth-order valence-corrected chi connectivity index (χ4v) is 3.17. The number of hydrogen-bond acceptors (Lipinski definition) is 3. The van der Waals surface area contributed by atoms with Gasteiger partial charge in [-0.25, -0.2) is 4.79 Å². The summed E-state index contributed by atoms with van der Waals surface area (Å²) in [6.45, 7) is 8.12. The molecule has 114 valence electrons. The second-order valence-electron chi connectivity index (χ2n) is 6.27. The fourth-order valence-electron chi connectivity index (χ4n) is 3.17. The molecule has 5 nitrogen and oxygen atoms in total. The van der Waals surface area contributed by atoms with Crippen molar-refractivity contribution in [1.82, 2.24) is 4.48 Å². The van der Waals surface area contributed by atoms with Gasteiger partial charge in [-0.2, -0.15) is 9.28 Å². The third-order valence-electron chi connectivity index (χ3n) is 4.18. The first-order valence-electron chi connectivity index (χ1n) is 7.17. The first kappa shape index (κ1) is 15.5. The highest BCUT2D eigenvalue weighted by Crippen LogP contribution is 2.44. The number of rotatable bonds is 2. The summed E-state index contributed by atoms with van der Waals surface area (Å²) >= 11 is 0. The molecule has 0 radical (unpaired) electrons.